The molecule has 0 spiro atoms. The summed E-state index contributed by atoms with van der Waals surface area (Å²) in [5.74, 6) is -0.644. The van der Waals surface area contributed by atoms with Crippen molar-refractivity contribution in [3.8, 4) is 0 Å². The Labute approximate surface area is 117 Å². The fourth-order valence-electron chi connectivity index (χ4n) is 2.10. The number of nitrogens with two attached hydrogens (primary N) is 1. The van der Waals surface area contributed by atoms with Crippen molar-refractivity contribution >= 4 is 23.2 Å². The predicted octanol–water partition coefficient (Wildman–Crippen LogP) is 0.866. The van der Waals surface area contributed by atoms with Crippen LogP contribution in [0.1, 0.15) is 12.5 Å². The highest BCUT2D eigenvalue weighted by atomic mass is 16.5. The average Bonchev–Trinajstić information content (AvgIpc) is 2.79. The molecule has 4 N–H and O–H groups in total. The van der Waals surface area contributed by atoms with Gasteiger partial charge in [0.05, 0.1) is 19.1 Å². The molecule has 0 bridgehead atoms. The van der Waals surface area contributed by atoms with Gasteiger partial charge in [0.2, 0.25) is 11.8 Å². The molecule has 6 nitrogen and oxygen atoms in total. The van der Waals surface area contributed by atoms with Gasteiger partial charge in [0, 0.05) is 24.3 Å². The molecular weight excluding hydrogens is 258 g/mol. The van der Waals surface area contributed by atoms with Gasteiger partial charge in [0.15, 0.2) is 0 Å². The van der Waals surface area contributed by atoms with Gasteiger partial charge in [-0.15, -0.1) is 0 Å². The molecule has 108 valence electrons. The molecule has 1 aromatic carbocycles. The van der Waals surface area contributed by atoms with Gasteiger partial charge in [-0.1, -0.05) is 6.07 Å². The smallest absolute Gasteiger partial charge is 0.231 e. The van der Waals surface area contributed by atoms with Gasteiger partial charge < -0.3 is 21.1 Å². The Morgan fingerprint density at radius 2 is 2.05 bits per heavy atom. The maximum Gasteiger partial charge on any atom is 0.231 e. The summed E-state index contributed by atoms with van der Waals surface area (Å²) in [6.07, 6.45) is 0. The minimum Gasteiger partial charge on any atom is -0.379 e. The number of ether oxygens (including phenoxy) is 1. The maximum absolute atomic E-state index is 12.2. The number of carbonyl (C=O) groups is 2. The van der Waals surface area contributed by atoms with Gasteiger partial charge >= 0.3 is 0 Å². The molecule has 2 amide bonds. The van der Waals surface area contributed by atoms with E-state index in [1.54, 1.807) is 12.1 Å². The Kier molecular flexibility index (Phi) is 4.36. The van der Waals surface area contributed by atoms with Crippen LogP contribution >= 0.6 is 0 Å². The summed E-state index contributed by atoms with van der Waals surface area (Å²) in [5, 5.41) is 5.53. The summed E-state index contributed by atoms with van der Waals surface area (Å²) in [4.78, 5) is 23.2. The molecule has 1 fully saturated rings. The second kappa shape index (κ2) is 6.02. The number of aryl methyl sites for hydroxylation is 1. The van der Waals surface area contributed by atoms with Crippen molar-refractivity contribution in [2.45, 2.75) is 19.9 Å². The summed E-state index contributed by atoms with van der Waals surface area (Å²) in [6.45, 7) is 4.08. The Balaban J connectivity index is 2.11. The molecule has 1 aromatic rings. The molecule has 1 aliphatic heterocycles. The van der Waals surface area contributed by atoms with Gasteiger partial charge in [-0.2, -0.15) is 0 Å². The van der Waals surface area contributed by atoms with E-state index in [-0.39, 0.29) is 23.8 Å². The van der Waals surface area contributed by atoms with Crippen LogP contribution in [0.5, 0.6) is 0 Å². The second-order valence-electron chi connectivity index (χ2n) is 5.01. The van der Waals surface area contributed by atoms with Crippen LogP contribution in [0.3, 0.4) is 0 Å². The standard InChI is InChI=1S/C14H19N3O3/c1-8-3-4-10(16-9(2)18)5-13(8)17-14(19)11-6-20-7-12(11)15/h3-5,11-12H,6-7,15H2,1-2H3,(H,16,18)(H,17,19). The van der Waals surface area contributed by atoms with Crippen LogP contribution in [0, 0.1) is 12.8 Å². The fourth-order valence-corrected chi connectivity index (χ4v) is 2.10. The van der Waals surface area contributed by atoms with Crippen LogP contribution < -0.4 is 16.4 Å². The van der Waals surface area contributed by atoms with E-state index in [1.807, 2.05) is 13.0 Å². The number of hydrogen-bond donors (Lipinski definition) is 3. The summed E-state index contributed by atoms with van der Waals surface area (Å²) in [7, 11) is 0. The Bertz CT molecular complexity index is 530. The first-order chi connectivity index (χ1) is 9.47. The Morgan fingerprint density at radius 3 is 2.65 bits per heavy atom. The van der Waals surface area contributed by atoms with Crippen molar-refractivity contribution in [3.05, 3.63) is 23.8 Å². The molecule has 6 heteroatoms. The zero-order valence-corrected chi connectivity index (χ0v) is 11.6. The molecule has 2 unspecified atom stereocenters. The third kappa shape index (κ3) is 3.34. The van der Waals surface area contributed by atoms with E-state index >= 15 is 0 Å². The van der Waals surface area contributed by atoms with Crippen molar-refractivity contribution < 1.29 is 14.3 Å². The number of benzene rings is 1. The van der Waals surface area contributed by atoms with E-state index in [1.165, 1.54) is 6.92 Å². The summed E-state index contributed by atoms with van der Waals surface area (Å²) < 4.78 is 5.19. The first-order valence-corrected chi connectivity index (χ1v) is 6.50. The topological polar surface area (TPSA) is 93.5 Å². The minimum absolute atomic E-state index is 0.155. The first kappa shape index (κ1) is 14.5. The van der Waals surface area contributed by atoms with Crippen LogP contribution in [0.4, 0.5) is 11.4 Å². The zero-order chi connectivity index (χ0) is 14.7. The van der Waals surface area contributed by atoms with E-state index in [9.17, 15) is 9.59 Å². The molecule has 0 saturated carbocycles. The zero-order valence-electron chi connectivity index (χ0n) is 11.6. The average molecular weight is 277 g/mol. The second-order valence-corrected chi connectivity index (χ2v) is 5.01. The third-order valence-corrected chi connectivity index (χ3v) is 3.28. The molecule has 2 atom stereocenters. The van der Waals surface area contributed by atoms with Crippen molar-refractivity contribution in [2.24, 2.45) is 11.7 Å². The maximum atomic E-state index is 12.2. The molecule has 1 heterocycles. The largest absolute Gasteiger partial charge is 0.379 e. The monoisotopic (exact) mass is 277 g/mol. The number of rotatable bonds is 3. The predicted molar refractivity (Wildman–Crippen MR) is 76.4 cm³/mol. The lowest BCUT2D eigenvalue weighted by Gasteiger charge is -2.15. The van der Waals surface area contributed by atoms with Crippen LogP contribution in [-0.2, 0) is 14.3 Å². The Morgan fingerprint density at radius 1 is 1.30 bits per heavy atom. The highest BCUT2D eigenvalue weighted by molar-refractivity contribution is 5.95. The number of amides is 2. The van der Waals surface area contributed by atoms with Crippen LogP contribution in [0.25, 0.3) is 0 Å². The van der Waals surface area contributed by atoms with Crippen molar-refractivity contribution in [1.29, 1.82) is 0 Å². The van der Waals surface area contributed by atoms with Gasteiger partial charge in [-0.05, 0) is 24.6 Å². The SMILES string of the molecule is CC(=O)Nc1ccc(C)c(NC(=O)C2COCC2N)c1. The van der Waals surface area contributed by atoms with Gasteiger partial charge in [0.25, 0.3) is 0 Å². The van der Waals surface area contributed by atoms with Crippen LogP contribution in [0.2, 0.25) is 0 Å². The number of carbonyl (C=O) groups excluding carboxylic acids is 2. The van der Waals surface area contributed by atoms with E-state index in [0.29, 0.717) is 24.6 Å². The normalized spacial score (nSPS) is 21.6. The highest BCUT2D eigenvalue weighted by Gasteiger charge is 2.31. The number of nitrogens with one attached hydrogen (secondary N) is 2. The molecular formula is C14H19N3O3. The Hall–Kier alpha value is -1.92. The lowest BCUT2D eigenvalue weighted by atomic mass is 10.0. The minimum atomic E-state index is -0.334. The van der Waals surface area contributed by atoms with Gasteiger partial charge in [-0.3, -0.25) is 9.59 Å². The molecule has 20 heavy (non-hydrogen) atoms. The quantitative estimate of drug-likeness (QED) is 0.764. The van der Waals surface area contributed by atoms with Gasteiger partial charge in [-0.25, -0.2) is 0 Å². The molecule has 0 aliphatic carbocycles. The lowest BCUT2D eigenvalue weighted by molar-refractivity contribution is -0.120. The van der Waals surface area contributed by atoms with E-state index in [4.69, 9.17) is 10.5 Å². The highest BCUT2D eigenvalue weighted by Crippen LogP contribution is 2.22. The van der Waals surface area contributed by atoms with Crippen LogP contribution in [-0.4, -0.2) is 31.1 Å². The summed E-state index contributed by atoms with van der Waals surface area (Å²) in [5.41, 5.74) is 8.05. The van der Waals surface area contributed by atoms with E-state index in [0.717, 1.165) is 5.56 Å². The lowest BCUT2D eigenvalue weighted by Crippen LogP contribution is -2.37. The van der Waals surface area contributed by atoms with Crippen molar-refractivity contribution in [1.82, 2.24) is 0 Å². The first-order valence-electron chi connectivity index (χ1n) is 6.50. The van der Waals surface area contributed by atoms with Crippen molar-refractivity contribution in [2.75, 3.05) is 23.8 Å². The van der Waals surface area contributed by atoms with Crippen LogP contribution in [0.15, 0.2) is 18.2 Å². The molecule has 1 saturated heterocycles. The molecule has 2 rings (SSSR count). The van der Waals surface area contributed by atoms with E-state index < -0.39 is 0 Å². The fraction of sp³-hybridized carbons (Fsp3) is 0.429. The van der Waals surface area contributed by atoms with Crippen molar-refractivity contribution in [3.63, 3.8) is 0 Å². The molecule has 0 radical (unpaired) electrons. The third-order valence-electron chi connectivity index (χ3n) is 3.28. The number of hydrogen-bond acceptors (Lipinski definition) is 4. The summed E-state index contributed by atoms with van der Waals surface area (Å²) in [6, 6.07) is 5.09. The molecule has 1 aliphatic rings. The summed E-state index contributed by atoms with van der Waals surface area (Å²) >= 11 is 0. The molecule has 0 aromatic heterocycles. The number of anilines is 2. The van der Waals surface area contributed by atoms with E-state index in [2.05, 4.69) is 10.6 Å². The van der Waals surface area contributed by atoms with Gasteiger partial charge in [0.1, 0.15) is 0 Å².